The van der Waals surface area contributed by atoms with Crippen molar-refractivity contribution in [2.24, 2.45) is 0 Å². The summed E-state index contributed by atoms with van der Waals surface area (Å²) in [5.74, 6) is 0. The number of thiazole rings is 1. The third kappa shape index (κ3) is 2.71. The van der Waals surface area contributed by atoms with Crippen molar-refractivity contribution in [2.45, 2.75) is 26.3 Å². The van der Waals surface area contributed by atoms with Crippen LogP contribution in [0.1, 0.15) is 25.3 Å². The highest BCUT2D eigenvalue weighted by Gasteiger charge is 2.01. The molecular weight excluding hydrogens is 218 g/mol. The van der Waals surface area contributed by atoms with Gasteiger partial charge in [0.15, 0.2) is 5.13 Å². The Morgan fingerprint density at radius 3 is 3.12 bits per heavy atom. The first-order valence-electron chi connectivity index (χ1n) is 5.65. The molecule has 0 aliphatic heterocycles. The topological polar surface area (TPSA) is 50.9 Å². The smallest absolute Gasteiger partial charge is 0.181 e. The van der Waals surface area contributed by atoms with Crippen LogP contribution in [-0.4, -0.2) is 11.5 Å². The lowest BCUT2D eigenvalue weighted by atomic mass is 10.2. The molecule has 4 heteroatoms. The average molecular weight is 235 g/mol. The van der Waals surface area contributed by atoms with Crippen LogP contribution in [0.2, 0.25) is 0 Å². The second-order valence-electron chi connectivity index (χ2n) is 3.88. The molecule has 0 spiro atoms. The van der Waals surface area contributed by atoms with Gasteiger partial charge in [-0.25, -0.2) is 4.98 Å². The van der Waals surface area contributed by atoms with E-state index in [4.69, 9.17) is 5.73 Å². The number of anilines is 1. The molecule has 2 aromatic rings. The fourth-order valence-electron chi connectivity index (χ4n) is 1.63. The third-order valence-corrected chi connectivity index (χ3v) is 3.35. The van der Waals surface area contributed by atoms with E-state index < -0.39 is 0 Å². The number of nitrogens with two attached hydrogens (primary N) is 1. The van der Waals surface area contributed by atoms with Crippen LogP contribution in [-0.2, 0) is 6.54 Å². The Hall–Kier alpha value is -1.13. The maximum absolute atomic E-state index is 5.67. The predicted molar refractivity (Wildman–Crippen MR) is 70.6 cm³/mol. The van der Waals surface area contributed by atoms with Gasteiger partial charge in [-0.2, -0.15) is 0 Å². The molecule has 16 heavy (non-hydrogen) atoms. The van der Waals surface area contributed by atoms with Crippen LogP contribution in [0.15, 0.2) is 18.2 Å². The highest BCUT2D eigenvalue weighted by atomic mass is 32.1. The molecule has 0 bridgehead atoms. The lowest BCUT2D eigenvalue weighted by Crippen LogP contribution is -2.14. The quantitative estimate of drug-likeness (QED) is 0.783. The van der Waals surface area contributed by atoms with E-state index in [0.29, 0.717) is 5.13 Å². The van der Waals surface area contributed by atoms with Crippen molar-refractivity contribution in [2.75, 3.05) is 12.3 Å². The summed E-state index contributed by atoms with van der Waals surface area (Å²) in [5, 5.41) is 4.07. The summed E-state index contributed by atoms with van der Waals surface area (Å²) >= 11 is 1.55. The lowest BCUT2D eigenvalue weighted by molar-refractivity contribution is 0.642. The van der Waals surface area contributed by atoms with Gasteiger partial charge < -0.3 is 11.1 Å². The summed E-state index contributed by atoms with van der Waals surface area (Å²) in [5.41, 5.74) is 7.97. The van der Waals surface area contributed by atoms with E-state index in [2.05, 4.69) is 29.4 Å². The van der Waals surface area contributed by atoms with Crippen molar-refractivity contribution in [3.8, 4) is 0 Å². The van der Waals surface area contributed by atoms with Gasteiger partial charge in [0.2, 0.25) is 0 Å². The fourth-order valence-corrected chi connectivity index (χ4v) is 2.43. The number of nitrogens with zero attached hydrogens (tertiary/aromatic N) is 1. The van der Waals surface area contributed by atoms with E-state index in [0.717, 1.165) is 18.6 Å². The predicted octanol–water partition coefficient (Wildman–Crippen LogP) is 2.77. The zero-order chi connectivity index (χ0) is 11.4. The molecule has 1 aromatic carbocycles. The summed E-state index contributed by atoms with van der Waals surface area (Å²) in [4.78, 5) is 4.24. The standard InChI is InChI=1S/C12H17N3S/c1-2-3-6-14-8-9-4-5-10-11(7-9)16-12(13)15-10/h4-5,7,14H,2-3,6,8H2,1H3,(H2,13,15). The Morgan fingerprint density at radius 2 is 2.31 bits per heavy atom. The molecule has 0 amide bonds. The highest BCUT2D eigenvalue weighted by molar-refractivity contribution is 7.22. The Balaban J connectivity index is 2.02. The van der Waals surface area contributed by atoms with Gasteiger partial charge >= 0.3 is 0 Å². The molecule has 0 unspecified atom stereocenters. The second kappa shape index (κ2) is 5.27. The van der Waals surface area contributed by atoms with Gasteiger partial charge in [-0.1, -0.05) is 30.7 Å². The van der Waals surface area contributed by atoms with Gasteiger partial charge in [0.1, 0.15) is 0 Å². The summed E-state index contributed by atoms with van der Waals surface area (Å²) in [6.07, 6.45) is 2.47. The first-order valence-corrected chi connectivity index (χ1v) is 6.47. The molecule has 3 N–H and O–H groups in total. The first-order chi connectivity index (χ1) is 7.79. The van der Waals surface area contributed by atoms with Gasteiger partial charge in [0.25, 0.3) is 0 Å². The van der Waals surface area contributed by atoms with Crippen molar-refractivity contribution >= 4 is 26.7 Å². The van der Waals surface area contributed by atoms with Crippen molar-refractivity contribution < 1.29 is 0 Å². The number of unbranched alkanes of at least 4 members (excludes halogenated alkanes) is 1. The van der Waals surface area contributed by atoms with Crippen LogP contribution in [0.3, 0.4) is 0 Å². The average Bonchev–Trinajstić information content (AvgIpc) is 2.64. The van der Waals surface area contributed by atoms with Crippen LogP contribution < -0.4 is 11.1 Å². The molecule has 0 aliphatic rings. The van der Waals surface area contributed by atoms with Crippen LogP contribution in [0, 0.1) is 0 Å². The molecule has 2 rings (SSSR count). The minimum absolute atomic E-state index is 0.645. The van der Waals surface area contributed by atoms with E-state index in [9.17, 15) is 0 Å². The summed E-state index contributed by atoms with van der Waals surface area (Å²) in [6, 6.07) is 6.32. The normalized spacial score (nSPS) is 11.1. The number of hydrogen-bond acceptors (Lipinski definition) is 4. The number of nitrogen functional groups attached to an aromatic ring is 1. The Kier molecular flexibility index (Phi) is 3.74. The number of rotatable bonds is 5. The zero-order valence-electron chi connectivity index (χ0n) is 9.49. The molecule has 3 nitrogen and oxygen atoms in total. The number of aromatic nitrogens is 1. The fraction of sp³-hybridized carbons (Fsp3) is 0.417. The van der Waals surface area contributed by atoms with Crippen molar-refractivity contribution in [3.05, 3.63) is 23.8 Å². The lowest BCUT2D eigenvalue weighted by Gasteiger charge is -2.03. The van der Waals surface area contributed by atoms with Crippen LogP contribution >= 0.6 is 11.3 Å². The van der Waals surface area contributed by atoms with Gasteiger partial charge in [0, 0.05) is 6.54 Å². The second-order valence-corrected chi connectivity index (χ2v) is 4.95. The van der Waals surface area contributed by atoms with Crippen LogP contribution in [0.4, 0.5) is 5.13 Å². The molecule has 0 radical (unpaired) electrons. The molecule has 0 saturated carbocycles. The van der Waals surface area contributed by atoms with E-state index >= 15 is 0 Å². The van der Waals surface area contributed by atoms with Crippen molar-refractivity contribution in [1.82, 2.24) is 10.3 Å². The largest absolute Gasteiger partial charge is 0.375 e. The maximum Gasteiger partial charge on any atom is 0.181 e. The number of benzene rings is 1. The van der Waals surface area contributed by atoms with Gasteiger partial charge in [-0.05, 0) is 30.7 Å². The summed E-state index contributed by atoms with van der Waals surface area (Å²) < 4.78 is 1.17. The van der Waals surface area contributed by atoms with E-state index in [1.807, 2.05) is 6.07 Å². The highest BCUT2D eigenvalue weighted by Crippen LogP contribution is 2.24. The van der Waals surface area contributed by atoms with Crippen LogP contribution in [0.25, 0.3) is 10.2 Å². The Morgan fingerprint density at radius 1 is 1.44 bits per heavy atom. The molecule has 1 heterocycles. The van der Waals surface area contributed by atoms with Gasteiger partial charge in [-0.15, -0.1) is 0 Å². The molecule has 86 valence electrons. The van der Waals surface area contributed by atoms with E-state index in [-0.39, 0.29) is 0 Å². The molecule has 0 saturated heterocycles. The first kappa shape index (κ1) is 11.4. The SMILES string of the molecule is CCCCNCc1ccc2nc(N)sc2c1. The van der Waals surface area contributed by atoms with Crippen LogP contribution in [0.5, 0.6) is 0 Å². The van der Waals surface area contributed by atoms with Crippen molar-refractivity contribution in [1.29, 1.82) is 0 Å². The Bertz CT molecular complexity index is 464. The minimum atomic E-state index is 0.645. The monoisotopic (exact) mass is 235 g/mol. The third-order valence-electron chi connectivity index (χ3n) is 2.51. The van der Waals surface area contributed by atoms with E-state index in [1.54, 1.807) is 11.3 Å². The number of nitrogens with one attached hydrogen (secondary N) is 1. The minimum Gasteiger partial charge on any atom is -0.375 e. The number of fused-ring (bicyclic) bond motifs is 1. The molecule has 0 aliphatic carbocycles. The maximum atomic E-state index is 5.67. The van der Waals surface area contributed by atoms with E-state index in [1.165, 1.54) is 23.1 Å². The van der Waals surface area contributed by atoms with Crippen molar-refractivity contribution in [3.63, 3.8) is 0 Å². The molecular formula is C12H17N3S. The van der Waals surface area contributed by atoms with Gasteiger partial charge in [0.05, 0.1) is 10.2 Å². The molecule has 0 atom stereocenters. The zero-order valence-corrected chi connectivity index (χ0v) is 10.3. The summed E-state index contributed by atoms with van der Waals surface area (Å²) in [6.45, 7) is 4.21. The summed E-state index contributed by atoms with van der Waals surface area (Å²) in [7, 11) is 0. The molecule has 1 aromatic heterocycles. The molecule has 0 fully saturated rings. The Labute approximate surface area is 99.7 Å². The number of hydrogen-bond donors (Lipinski definition) is 2. The van der Waals surface area contributed by atoms with Gasteiger partial charge in [-0.3, -0.25) is 0 Å².